The number of amides is 1. The van der Waals surface area contributed by atoms with Crippen LogP contribution in [0.15, 0.2) is 36.7 Å². The normalized spacial score (nSPS) is 20.5. The second-order valence-electron chi connectivity index (χ2n) is 6.86. The third-order valence-electron chi connectivity index (χ3n) is 5.53. The summed E-state index contributed by atoms with van der Waals surface area (Å²) in [5, 5.41) is 0. The minimum Gasteiger partial charge on any atom is -0.348 e. The van der Waals surface area contributed by atoms with Gasteiger partial charge in [-0.05, 0) is 44.6 Å². The third kappa shape index (κ3) is 3.37. The van der Waals surface area contributed by atoms with Gasteiger partial charge in [-0.3, -0.25) is 4.79 Å². The van der Waals surface area contributed by atoms with Crippen LogP contribution in [0, 0.1) is 6.92 Å². The van der Waals surface area contributed by atoms with Crippen molar-refractivity contribution in [2.75, 3.05) is 6.54 Å². The molecule has 1 aromatic carbocycles. The smallest absolute Gasteiger partial charge is 0.229 e. The first-order valence-electron chi connectivity index (χ1n) is 8.98. The summed E-state index contributed by atoms with van der Waals surface area (Å²) >= 11 is 0. The van der Waals surface area contributed by atoms with Crippen LogP contribution >= 0.6 is 0 Å². The number of carbonyl (C=O) groups excluding carboxylic acids is 1. The van der Waals surface area contributed by atoms with E-state index in [9.17, 15) is 4.79 Å². The summed E-state index contributed by atoms with van der Waals surface area (Å²) in [6, 6.07) is 10.6. The average Bonchev–Trinajstić information content (AvgIpc) is 3.21. The van der Waals surface area contributed by atoms with E-state index in [-0.39, 0.29) is 11.4 Å². The molecule has 1 aliphatic heterocycles. The number of benzene rings is 1. The van der Waals surface area contributed by atoms with E-state index in [2.05, 4.69) is 52.1 Å². The Kier molecular flexibility index (Phi) is 5.03. The highest BCUT2D eigenvalue weighted by atomic mass is 16.2. The first-order chi connectivity index (χ1) is 11.6. The second-order valence-corrected chi connectivity index (χ2v) is 6.86. The van der Waals surface area contributed by atoms with E-state index >= 15 is 0 Å². The quantitative estimate of drug-likeness (QED) is 0.881. The van der Waals surface area contributed by atoms with Gasteiger partial charge in [0.1, 0.15) is 0 Å². The van der Waals surface area contributed by atoms with Gasteiger partial charge in [-0.2, -0.15) is 0 Å². The van der Waals surface area contributed by atoms with E-state index < -0.39 is 0 Å². The largest absolute Gasteiger partial charge is 0.348 e. The van der Waals surface area contributed by atoms with Crippen molar-refractivity contribution >= 4 is 5.91 Å². The zero-order valence-corrected chi connectivity index (χ0v) is 14.7. The van der Waals surface area contributed by atoms with Crippen LogP contribution in [0.1, 0.15) is 49.6 Å². The summed E-state index contributed by atoms with van der Waals surface area (Å²) in [4.78, 5) is 22.4. The van der Waals surface area contributed by atoms with Gasteiger partial charge >= 0.3 is 0 Å². The number of aryl methyl sites for hydroxylation is 2. The number of imidazole rings is 1. The highest BCUT2D eigenvalue weighted by molar-refractivity contribution is 5.79. The van der Waals surface area contributed by atoms with Gasteiger partial charge in [0.15, 0.2) is 0 Å². The van der Waals surface area contributed by atoms with Gasteiger partial charge in [-0.15, -0.1) is 0 Å². The van der Waals surface area contributed by atoms with Crippen molar-refractivity contribution in [3.8, 4) is 0 Å². The number of carbonyl (C=O) groups is 1. The van der Waals surface area contributed by atoms with Gasteiger partial charge in [0, 0.05) is 17.8 Å². The van der Waals surface area contributed by atoms with Crippen LogP contribution < -0.4 is 0 Å². The molecule has 24 heavy (non-hydrogen) atoms. The van der Waals surface area contributed by atoms with Gasteiger partial charge in [-0.1, -0.05) is 37.3 Å². The molecule has 128 valence electrons. The molecule has 1 N–H and O–H groups in total. The number of nitrogens with zero attached hydrogens (tertiary/aromatic N) is 2. The Bertz CT molecular complexity index is 679. The molecule has 3 rings (SSSR count). The van der Waals surface area contributed by atoms with Gasteiger partial charge < -0.3 is 9.88 Å². The Morgan fingerprint density at radius 2 is 2.12 bits per heavy atom. The predicted molar refractivity (Wildman–Crippen MR) is 95.8 cm³/mol. The first kappa shape index (κ1) is 16.7. The Labute approximate surface area is 144 Å². The molecule has 1 fully saturated rings. The summed E-state index contributed by atoms with van der Waals surface area (Å²) in [7, 11) is 0. The van der Waals surface area contributed by atoms with Crippen molar-refractivity contribution in [2.45, 2.75) is 57.9 Å². The number of aromatic nitrogens is 2. The molecular weight excluding hydrogens is 298 g/mol. The Morgan fingerprint density at radius 1 is 1.33 bits per heavy atom. The van der Waals surface area contributed by atoms with Crippen molar-refractivity contribution in [1.82, 2.24) is 14.9 Å². The van der Waals surface area contributed by atoms with Gasteiger partial charge in [0.25, 0.3) is 0 Å². The summed E-state index contributed by atoms with van der Waals surface area (Å²) < 4.78 is 0. The first-order valence-corrected chi connectivity index (χ1v) is 8.98. The molecule has 4 nitrogen and oxygen atoms in total. The summed E-state index contributed by atoms with van der Waals surface area (Å²) in [6.07, 6.45) is 7.38. The molecule has 4 heteroatoms. The minimum atomic E-state index is 0.0110. The van der Waals surface area contributed by atoms with Crippen LogP contribution in [0.3, 0.4) is 0 Å². The van der Waals surface area contributed by atoms with Crippen molar-refractivity contribution in [1.29, 1.82) is 0 Å². The highest BCUT2D eigenvalue weighted by Gasteiger charge is 2.41. The minimum absolute atomic E-state index is 0.0110. The molecule has 1 unspecified atom stereocenters. The lowest BCUT2D eigenvalue weighted by Crippen LogP contribution is -2.48. The van der Waals surface area contributed by atoms with E-state index in [4.69, 9.17) is 0 Å². The van der Waals surface area contributed by atoms with Crippen LogP contribution in [0.25, 0.3) is 0 Å². The molecule has 2 heterocycles. The number of likely N-dealkylation sites (tertiary alicyclic amines) is 1. The van der Waals surface area contributed by atoms with Crippen LogP contribution in [-0.2, 0) is 17.6 Å². The zero-order chi connectivity index (χ0) is 17.0. The topological polar surface area (TPSA) is 49.0 Å². The maximum atomic E-state index is 12.9. The molecule has 0 aliphatic carbocycles. The maximum Gasteiger partial charge on any atom is 0.229 e. The van der Waals surface area contributed by atoms with Crippen LogP contribution in [-0.4, -0.2) is 32.9 Å². The van der Waals surface area contributed by atoms with Crippen molar-refractivity contribution in [3.63, 3.8) is 0 Å². The molecule has 0 spiro atoms. The maximum absolute atomic E-state index is 12.9. The number of hydrogen-bond donors (Lipinski definition) is 1. The summed E-state index contributed by atoms with van der Waals surface area (Å²) in [6.45, 7) is 5.07. The van der Waals surface area contributed by atoms with Crippen LogP contribution in [0.4, 0.5) is 0 Å². The van der Waals surface area contributed by atoms with Crippen molar-refractivity contribution < 1.29 is 4.79 Å². The van der Waals surface area contributed by atoms with Crippen LogP contribution in [0.5, 0.6) is 0 Å². The molecule has 1 aliphatic rings. The summed E-state index contributed by atoms with van der Waals surface area (Å²) in [5.41, 5.74) is 3.23. The molecule has 0 radical (unpaired) electrons. The molecule has 1 saturated heterocycles. The van der Waals surface area contributed by atoms with E-state index in [0.29, 0.717) is 6.42 Å². The van der Waals surface area contributed by atoms with E-state index in [1.54, 1.807) is 6.33 Å². The van der Waals surface area contributed by atoms with Gasteiger partial charge in [0.2, 0.25) is 5.91 Å². The molecule has 1 aromatic heterocycles. The fourth-order valence-corrected chi connectivity index (χ4v) is 3.96. The third-order valence-corrected chi connectivity index (χ3v) is 5.53. The lowest BCUT2D eigenvalue weighted by atomic mass is 9.86. The zero-order valence-electron chi connectivity index (χ0n) is 14.7. The van der Waals surface area contributed by atoms with E-state index in [0.717, 1.165) is 50.0 Å². The van der Waals surface area contributed by atoms with Crippen LogP contribution in [0.2, 0.25) is 0 Å². The number of hydrogen-bond acceptors (Lipinski definition) is 2. The number of aromatic amines is 1. The number of H-pyrrole nitrogens is 1. The standard InChI is InChI=1S/C20H27N3O/c1-3-20(12-10-17-8-5-4-6-9-17)11-7-13-23(20)19(24)14-18-16(2)21-15-22-18/h4-6,8-9,15H,3,7,10-14H2,1-2H3,(H,21,22). The molecule has 1 atom stereocenters. The Balaban J connectivity index is 1.71. The van der Waals surface area contributed by atoms with Crippen molar-refractivity contribution in [3.05, 3.63) is 53.6 Å². The second kappa shape index (κ2) is 7.20. The molecule has 0 saturated carbocycles. The highest BCUT2D eigenvalue weighted by Crippen LogP contribution is 2.37. The Hall–Kier alpha value is -2.10. The lowest BCUT2D eigenvalue weighted by Gasteiger charge is -2.38. The average molecular weight is 325 g/mol. The number of nitrogens with one attached hydrogen (secondary N) is 1. The molecular formula is C20H27N3O. The fourth-order valence-electron chi connectivity index (χ4n) is 3.96. The van der Waals surface area contributed by atoms with Gasteiger partial charge in [0.05, 0.1) is 18.4 Å². The SMILES string of the molecule is CCC1(CCc2ccccc2)CCCN1C(=O)Cc1nc[nH]c1C. The van der Waals surface area contributed by atoms with Crippen molar-refractivity contribution in [2.24, 2.45) is 0 Å². The fraction of sp³-hybridized carbons (Fsp3) is 0.500. The van der Waals surface area contributed by atoms with Gasteiger partial charge in [-0.25, -0.2) is 4.98 Å². The monoisotopic (exact) mass is 325 g/mol. The molecule has 0 bridgehead atoms. The summed E-state index contributed by atoms with van der Waals surface area (Å²) in [5.74, 6) is 0.220. The Morgan fingerprint density at radius 3 is 2.79 bits per heavy atom. The number of rotatable bonds is 6. The predicted octanol–water partition coefficient (Wildman–Crippen LogP) is 3.66. The lowest BCUT2D eigenvalue weighted by molar-refractivity contribution is -0.135. The molecule has 2 aromatic rings. The van der Waals surface area contributed by atoms with E-state index in [1.807, 2.05) is 6.92 Å². The van der Waals surface area contributed by atoms with E-state index in [1.165, 1.54) is 5.56 Å². The molecule has 1 amide bonds.